The maximum Gasteiger partial charge on any atom is 0.130 e. The van der Waals surface area contributed by atoms with Crippen molar-refractivity contribution in [3.8, 4) is 5.75 Å². The van der Waals surface area contributed by atoms with Crippen molar-refractivity contribution in [1.82, 2.24) is 0 Å². The molecule has 0 fully saturated rings. The van der Waals surface area contributed by atoms with E-state index in [4.69, 9.17) is 4.18 Å². The summed E-state index contributed by atoms with van der Waals surface area (Å²) in [6.07, 6.45) is 0. The van der Waals surface area contributed by atoms with Crippen molar-refractivity contribution in [1.29, 1.82) is 0 Å². The second kappa shape index (κ2) is 4.27. The molecule has 2 aromatic rings. The zero-order valence-electron chi connectivity index (χ0n) is 10.8. The van der Waals surface area contributed by atoms with Crippen LogP contribution in [0.3, 0.4) is 0 Å². The fraction of sp³-hybridized carbons (Fsp3) is 0.200. The average molecular weight is 339 g/mol. The van der Waals surface area contributed by atoms with Crippen LogP contribution in [0.4, 0.5) is 0 Å². The zero-order valence-corrected chi connectivity index (χ0v) is 13.2. The molecule has 2 aromatic carbocycles. The number of rotatable bonds is 1. The van der Waals surface area contributed by atoms with Gasteiger partial charge in [0, 0.05) is 19.7 Å². The average Bonchev–Trinajstić information content (AvgIpc) is 2.59. The number of aromatic hydroxyl groups is 1. The van der Waals surface area contributed by atoms with E-state index in [1.165, 1.54) is 5.56 Å². The first kappa shape index (κ1) is 13.0. The molecule has 0 bridgehead atoms. The first-order valence-electron chi connectivity index (χ1n) is 6.06. The van der Waals surface area contributed by atoms with Crippen molar-refractivity contribution in [2.45, 2.75) is 29.2 Å². The van der Waals surface area contributed by atoms with Gasteiger partial charge in [-0.25, -0.2) is 0 Å². The highest BCUT2D eigenvalue weighted by Crippen LogP contribution is 2.78. The molecule has 1 aliphatic heterocycles. The summed E-state index contributed by atoms with van der Waals surface area (Å²) in [6.45, 7) is 4.11. The van der Waals surface area contributed by atoms with Crippen molar-refractivity contribution in [2.24, 2.45) is 0 Å². The van der Waals surface area contributed by atoms with Crippen molar-refractivity contribution in [2.75, 3.05) is 0 Å². The normalized spacial score (nSPS) is 27.5. The highest BCUT2D eigenvalue weighted by molar-refractivity contribution is 9.57. The smallest absolute Gasteiger partial charge is 0.130 e. The van der Waals surface area contributed by atoms with Crippen LogP contribution in [0.5, 0.6) is 5.75 Å². The van der Waals surface area contributed by atoms with Crippen LogP contribution in [0, 0.1) is 0 Å². The van der Waals surface area contributed by atoms with Gasteiger partial charge in [-0.15, -0.1) is 0 Å². The van der Waals surface area contributed by atoms with Crippen LogP contribution < -0.4 is 0 Å². The van der Waals surface area contributed by atoms with Crippen LogP contribution in [-0.2, 0) is 9.78 Å². The third kappa shape index (κ3) is 1.90. The Morgan fingerprint density at radius 1 is 1.00 bits per heavy atom. The number of phenols is 1. The predicted octanol–water partition coefficient (Wildman–Crippen LogP) is 5.11. The summed E-state index contributed by atoms with van der Waals surface area (Å²) in [5.74, 6) is 0.266. The number of phenolic OH excluding ortho intramolecular Hbond substituents is 1. The van der Waals surface area contributed by atoms with Crippen molar-refractivity contribution in [3.63, 3.8) is 0 Å². The van der Waals surface area contributed by atoms with Crippen LogP contribution in [0.1, 0.15) is 19.4 Å². The molecule has 19 heavy (non-hydrogen) atoms. The summed E-state index contributed by atoms with van der Waals surface area (Å²) in [7, 11) is -1.82. The lowest BCUT2D eigenvalue weighted by molar-refractivity contribution is 0.147. The van der Waals surface area contributed by atoms with Crippen molar-refractivity contribution < 1.29 is 9.29 Å². The summed E-state index contributed by atoms with van der Waals surface area (Å²) in [5, 5.41) is 10.1. The minimum Gasteiger partial charge on any atom is -0.507 e. The quantitative estimate of drug-likeness (QED) is 0.783. The number of halogens is 1. The number of fused-ring (bicyclic) bond motifs is 1. The van der Waals surface area contributed by atoms with Gasteiger partial charge in [0.2, 0.25) is 0 Å². The van der Waals surface area contributed by atoms with Gasteiger partial charge in [0.05, 0.1) is 4.90 Å². The molecule has 0 spiro atoms. The van der Waals surface area contributed by atoms with Crippen LogP contribution in [0.25, 0.3) is 0 Å². The van der Waals surface area contributed by atoms with E-state index in [-0.39, 0.29) is 11.4 Å². The zero-order chi connectivity index (χ0) is 13.7. The van der Waals surface area contributed by atoms with Crippen molar-refractivity contribution >= 4 is 23.6 Å². The van der Waals surface area contributed by atoms with E-state index in [1.807, 2.05) is 30.3 Å². The number of benzene rings is 2. The van der Waals surface area contributed by atoms with Gasteiger partial charge in [-0.3, -0.25) is 0 Å². The summed E-state index contributed by atoms with van der Waals surface area (Å²) in [6, 6.07) is 15.5. The van der Waals surface area contributed by atoms with Gasteiger partial charge in [-0.1, -0.05) is 30.3 Å². The second-order valence-corrected chi connectivity index (χ2v) is 9.80. The molecule has 4 heteroatoms. The molecule has 0 saturated heterocycles. The second-order valence-electron chi connectivity index (χ2n) is 5.04. The van der Waals surface area contributed by atoms with Gasteiger partial charge in [0.15, 0.2) is 0 Å². The number of hydrogen-bond donors (Lipinski definition) is 1. The van der Waals surface area contributed by atoms with Gasteiger partial charge in [-0.2, -0.15) is 0 Å². The lowest BCUT2D eigenvalue weighted by atomic mass is 9.99. The van der Waals surface area contributed by atoms with Gasteiger partial charge in [0.25, 0.3) is 0 Å². The molecular formula is C15H15BrO2S. The Kier molecular flexibility index (Phi) is 2.93. The van der Waals surface area contributed by atoms with Gasteiger partial charge >= 0.3 is 0 Å². The maximum atomic E-state index is 10.1. The summed E-state index contributed by atoms with van der Waals surface area (Å²) < 4.78 is 6.31. The lowest BCUT2D eigenvalue weighted by Crippen LogP contribution is -2.14. The number of hydrogen-bond acceptors (Lipinski definition) is 2. The fourth-order valence-corrected chi connectivity index (χ4v) is 7.59. The van der Waals surface area contributed by atoms with E-state index in [0.29, 0.717) is 0 Å². The Morgan fingerprint density at radius 2 is 1.58 bits per heavy atom. The Balaban J connectivity index is 2.25. The van der Waals surface area contributed by atoms with Crippen LogP contribution in [-0.4, -0.2) is 5.11 Å². The molecule has 1 heterocycles. The van der Waals surface area contributed by atoms with E-state index in [0.717, 1.165) is 9.79 Å². The third-order valence-corrected chi connectivity index (χ3v) is 8.26. The molecule has 1 atom stereocenters. The monoisotopic (exact) mass is 338 g/mol. The summed E-state index contributed by atoms with van der Waals surface area (Å²) in [5.41, 5.74) is 0.808. The largest absolute Gasteiger partial charge is 0.507 e. The first-order valence-corrected chi connectivity index (χ1v) is 9.46. The van der Waals surface area contributed by atoms with Gasteiger partial charge in [-0.05, 0) is 46.4 Å². The third-order valence-electron chi connectivity index (χ3n) is 3.29. The molecule has 100 valence electrons. The minimum absolute atomic E-state index is 0.266. The highest BCUT2D eigenvalue weighted by atomic mass is 79.9. The van der Waals surface area contributed by atoms with E-state index in [2.05, 4.69) is 40.8 Å². The van der Waals surface area contributed by atoms with Gasteiger partial charge < -0.3 is 9.29 Å². The highest BCUT2D eigenvalue weighted by Gasteiger charge is 2.46. The molecule has 0 radical (unpaired) electrons. The van der Waals surface area contributed by atoms with E-state index < -0.39 is 8.74 Å². The molecular weight excluding hydrogens is 324 g/mol. The molecule has 0 aliphatic carbocycles. The topological polar surface area (TPSA) is 29.5 Å². The summed E-state index contributed by atoms with van der Waals surface area (Å²) >= 11 is 3.78. The molecule has 1 aliphatic rings. The summed E-state index contributed by atoms with van der Waals surface area (Å²) in [4.78, 5) is 1.94. The molecule has 3 rings (SSSR count). The maximum absolute atomic E-state index is 10.1. The molecule has 2 nitrogen and oxygen atoms in total. The van der Waals surface area contributed by atoms with Gasteiger partial charge in [0.1, 0.15) is 11.4 Å². The molecule has 0 amide bonds. The Morgan fingerprint density at radius 3 is 2.26 bits per heavy atom. The van der Waals surface area contributed by atoms with E-state index >= 15 is 0 Å². The molecule has 0 aromatic heterocycles. The van der Waals surface area contributed by atoms with Crippen LogP contribution >= 0.6 is 23.6 Å². The SMILES string of the molecule is CC1(C)OS(Br)(c2ccccc2O)c2ccccc21. The predicted molar refractivity (Wildman–Crippen MR) is 81.7 cm³/mol. The molecule has 0 saturated carbocycles. The standard InChI is InChI=1S/C15H15BrO2S/c1-15(2)11-7-3-5-9-13(11)19(16,18-15)14-10-6-4-8-12(14)17/h3-10,17H,1-2H3. The Bertz CT molecular complexity index is 642. The fourth-order valence-electron chi connectivity index (χ4n) is 2.41. The van der Waals surface area contributed by atoms with E-state index in [9.17, 15) is 5.11 Å². The Labute approximate surface area is 122 Å². The van der Waals surface area contributed by atoms with E-state index in [1.54, 1.807) is 6.07 Å². The molecule has 1 unspecified atom stereocenters. The van der Waals surface area contributed by atoms with Crippen molar-refractivity contribution in [3.05, 3.63) is 54.1 Å². The Hall–Kier alpha value is -0.970. The minimum atomic E-state index is -1.82. The first-order chi connectivity index (χ1) is 8.95. The lowest BCUT2D eigenvalue weighted by Gasteiger charge is -2.31. The van der Waals surface area contributed by atoms with Crippen LogP contribution in [0.2, 0.25) is 0 Å². The number of para-hydroxylation sites is 1. The molecule has 1 N–H and O–H groups in total. The van der Waals surface area contributed by atoms with Crippen LogP contribution in [0.15, 0.2) is 58.3 Å².